The summed E-state index contributed by atoms with van der Waals surface area (Å²) in [5, 5.41) is 0. The average Bonchev–Trinajstić information content (AvgIpc) is 3.25. The lowest BCUT2D eigenvalue weighted by Crippen LogP contribution is -2.44. The summed E-state index contributed by atoms with van der Waals surface area (Å²) in [6, 6.07) is 17.3. The lowest BCUT2D eigenvalue weighted by atomic mass is 10.0. The van der Waals surface area contributed by atoms with E-state index in [2.05, 4.69) is 29.2 Å². The van der Waals surface area contributed by atoms with Crippen molar-refractivity contribution in [3.63, 3.8) is 0 Å². The normalized spacial score (nSPS) is 20.9. The highest BCUT2D eigenvalue weighted by atomic mass is 16.5. The van der Waals surface area contributed by atoms with Crippen LogP contribution in [0.3, 0.4) is 0 Å². The first-order chi connectivity index (χ1) is 14.8. The molecule has 0 bridgehead atoms. The van der Waals surface area contributed by atoms with Crippen LogP contribution in [0.2, 0.25) is 0 Å². The molecule has 2 saturated heterocycles. The van der Waals surface area contributed by atoms with E-state index in [4.69, 9.17) is 4.74 Å². The fourth-order valence-corrected chi connectivity index (χ4v) is 5.30. The molecule has 1 aliphatic carbocycles. The highest BCUT2D eigenvalue weighted by molar-refractivity contribution is 5.94. The summed E-state index contributed by atoms with van der Waals surface area (Å²) in [5.41, 5.74) is 3.83. The van der Waals surface area contributed by atoms with E-state index in [9.17, 15) is 4.79 Å². The van der Waals surface area contributed by atoms with Crippen molar-refractivity contribution >= 4 is 5.91 Å². The summed E-state index contributed by atoms with van der Waals surface area (Å²) in [5.74, 6) is 1.05. The number of hydrogen-bond acceptors (Lipinski definition) is 3. The number of amides is 1. The zero-order chi connectivity index (χ0) is 20.3. The van der Waals surface area contributed by atoms with Crippen LogP contribution in [-0.2, 0) is 12.8 Å². The van der Waals surface area contributed by atoms with Crippen molar-refractivity contribution in [1.82, 2.24) is 9.80 Å². The number of ether oxygens (including phenoxy) is 1. The van der Waals surface area contributed by atoms with E-state index < -0.39 is 0 Å². The molecule has 0 aromatic heterocycles. The van der Waals surface area contributed by atoms with Crippen LogP contribution in [-0.4, -0.2) is 54.0 Å². The first kappa shape index (κ1) is 19.6. The van der Waals surface area contributed by atoms with E-state index in [-0.39, 0.29) is 12.0 Å². The van der Waals surface area contributed by atoms with E-state index in [0.29, 0.717) is 6.04 Å². The molecule has 4 heteroatoms. The van der Waals surface area contributed by atoms with Gasteiger partial charge in [-0.2, -0.15) is 0 Å². The molecular formula is C26H32N2O2. The third kappa shape index (κ3) is 4.24. The van der Waals surface area contributed by atoms with Crippen LogP contribution in [0.5, 0.6) is 5.75 Å². The van der Waals surface area contributed by atoms with Crippen LogP contribution in [0.25, 0.3) is 0 Å². The second kappa shape index (κ2) is 8.81. The highest BCUT2D eigenvalue weighted by Crippen LogP contribution is 2.28. The summed E-state index contributed by atoms with van der Waals surface area (Å²) < 4.78 is 6.26. The third-order valence-electron chi connectivity index (χ3n) is 7.07. The molecule has 158 valence electrons. The second-order valence-corrected chi connectivity index (χ2v) is 9.06. The van der Waals surface area contributed by atoms with E-state index in [1.54, 1.807) is 0 Å². The number of hydrogen-bond donors (Lipinski definition) is 0. The van der Waals surface area contributed by atoms with E-state index in [0.717, 1.165) is 63.2 Å². The monoisotopic (exact) mass is 404 g/mol. The molecule has 1 amide bonds. The van der Waals surface area contributed by atoms with Crippen LogP contribution < -0.4 is 4.74 Å². The molecule has 2 aromatic rings. The zero-order valence-corrected chi connectivity index (χ0v) is 17.8. The van der Waals surface area contributed by atoms with Gasteiger partial charge >= 0.3 is 0 Å². The van der Waals surface area contributed by atoms with Crippen molar-refractivity contribution in [3.8, 4) is 5.75 Å². The maximum Gasteiger partial charge on any atom is 0.253 e. The van der Waals surface area contributed by atoms with E-state index >= 15 is 0 Å². The van der Waals surface area contributed by atoms with Gasteiger partial charge in [0, 0.05) is 37.8 Å². The largest absolute Gasteiger partial charge is 0.490 e. The first-order valence-corrected chi connectivity index (χ1v) is 11.6. The van der Waals surface area contributed by atoms with Crippen molar-refractivity contribution in [2.24, 2.45) is 0 Å². The predicted octanol–water partition coefficient (Wildman–Crippen LogP) is 4.32. The maximum atomic E-state index is 12.6. The lowest BCUT2D eigenvalue weighted by molar-refractivity contribution is 0.0723. The number of likely N-dealkylation sites (tertiary alicyclic amines) is 2. The number of benzene rings is 2. The van der Waals surface area contributed by atoms with Crippen molar-refractivity contribution in [2.75, 3.05) is 26.2 Å². The number of carbonyl (C=O) groups excluding carboxylic acids is 1. The number of piperidine rings is 2. The first-order valence-electron chi connectivity index (χ1n) is 11.6. The molecule has 0 spiro atoms. The summed E-state index contributed by atoms with van der Waals surface area (Å²) in [7, 11) is 0. The van der Waals surface area contributed by atoms with Crippen LogP contribution in [0, 0.1) is 0 Å². The number of rotatable bonds is 4. The molecule has 0 N–H and O–H groups in total. The number of carbonyl (C=O) groups is 1. The van der Waals surface area contributed by atoms with Crippen LogP contribution >= 0.6 is 0 Å². The van der Waals surface area contributed by atoms with Gasteiger partial charge in [-0.3, -0.25) is 9.69 Å². The Hall–Kier alpha value is -2.33. The summed E-state index contributed by atoms with van der Waals surface area (Å²) >= 11 is 0. The van der Waals surface area contributed by atoms with Gasteiger partial charge in [0.2, 0.25) is 0 Å². The molecule has 2 aliphatic heterocycles. The molecule has 0 saturated carbocycles. The van der Waals surface area contributed by atoms with Gasteiger partial charge in [-0.25, -0.2) is 0 Å². The van der Waals surface area contributed by atoms with Crippen molar-refractivity contribution < 1.29 is 9.53 Å². The Morgan fingerprint density at radius 2 is 1.43 bits per heavy atom. The van der Waals surface area contributed by atoms with Crippen LogP contribution in [0.1, 0.15) is 53.6 Å². The Kier molecular flexibility index (Phi) is 5.76. The number of nitrogens with zero attached hydrogens (tertiary/aromatic N) is 2. The van der Waals surface area contributed by atoms with Gasteiger partial charge in [-0.05, 0) is 80.3 Å². The van der Waals surface area contributed by atoms with Crippen molar-refractivity contribution in [2.45, 2.75) is 57.1 Å². The molecule has 0 atom stereocenters. The summed E-state index contributed by atoms with van der Waals surface area (Å²) in [4.78, 5) is 17.3. The van der Waals surface area contributed by atoms with Crippen LogP contribution in [0.15, 0.2) is 48.5 Å². The van der Waals surface area contributed by atoms with Crippen LogP contribution in [0.4, 0.5) is 0 Å². The Bertz CT molecular complexity index is 840. The molecule has 0 radical (unpaired) electrons. The zero-order valence-electron chi connectivity index (χ0n) is 17.8. The SMILES string of the molecule is O=C(c1ccc(OC2CCN(C3Cc4ccccc4C3)CC2)cc1)N1CCCCC1. The van der Waals surface area contributed by atoms with E-state index in [1.807, 2.05) is 29.2 Å². The van der Waals surface area contributed by atoms with Gasteiger partial charge in [0.25, 0.3) is 5.91 Å². The fourth-order valence-electron chi connectivity index (χ4n) is 5.30. The molecule has 0 unspecified atom stereocenters. The lowest BCUT2D eigenvalue weighted by Gasteiger charge is -2.36. The molecule has 3 aliphatic rings. The average molecular weight is 405 g/mol. The number of fused-ring (bicyclic) bond motifs is 1. The minimum absolute atomic E-state index is 0.159. The third-order valence-corrected chi connectivity index (χ3v) is 7.07. The molecule has 2 heterocycles. The van der Waals surface area contributed by atoms with Gasteiger partial charge in [-0.1, -0.05) is 24.3 Å². The Morgan fingerprint density at radius 1 is 0.800 bits per heavy atom. The smallest absolute Gasteiger partial charge is 0.253 e. The topological polar surface area (TPSA) is 32.8 Å². The summed E-state index contributed by atoms with van der Waals surface area (Å²) in [6.45, 7) is 3.99. The van der Waals surface area contributed by atoms with Gasteiger partial charge in [-0.15, -0.1) is 0 Å². The van der Waals surface area contributed by atoms with Gasteiger partial charge < -0.3 is 9.64 Å². The second-order valence-electron chi connectivity index (χ2n) is 9.06. The van der Waals surface area contributed by atoms with Gasteiger partial charge in [0.05, 0.1) is 0 Å². The standard InChI is InChI=1S/C26H32N2O2/c29-26(28-14-4-1-5-15-28)20-8-10-24(11-9-20)30-25-12-16-27(17-13-25)23-18-21-6-2-3-7-22(21)19-23/h2-3,6-11,23,25H,1,4-5,12-19H2. The van der Waals surface area contributed by atoms with E-state index in [1.165, 1.54) is 30.4 Å². The molecule has 5 rings (SSSR count). The highest BCUT2D eigenvalue weighted by Gasteiger charge is 2.30. The molecular weight excluding hydrogens is 372 g/mol. The molecule has 2 fully saturated rings. The van der Waals surface area contributed by atoms with Gasteiger partial charge in [0.15, 0.2) is 0 Å². The Balaban J connectivity index is 1.11. The fraction of sp³-hybridized carbons (Fsp3) is 0.500. The minimum atomic E-state index is 0.159. The molecule has 2 aromatic carbocycles. The Morgan fingerprint density at radius 3 is 2.07 bits per heavy atom. The summed E-state index contributed by atoms with van der Waals surface area (Å²) in [6.07, 6.45) is 8.28. The van der Waals surface area contributed by atoms with Gasteiger partial charge in [0.1, 0.15) is 11.9 Å². The Labute approximate surface area is 179 Å². The maximum absolute atomic E-state index is 12.6. The minimum Gasteiger partial charge on any atom is -0.490 e. The predicted molar refractivity (Wildman–Crippen MR) is 119 cm³/mol. The van der Waals surface area contributed by atoms with Crippen molar-refractivity contribution in [3.05, 3.63) is 65.2 Å². The molecule has 30 heavy (non-hydrogen) atoms. The molecule has 4 nitrogen and oxygen atoms in total. The quantitative estimate of drug-likeness (QED) is 0.761. The van der Waals surface area contributed by atoms with Crippen molar-refractivity contribution in [1.29, 1.82) is 0 Å².